The number of hydrogen-bond acceptors (Lipinski definition) is 5. The molecule has 0 radical (unpaired) electrons. The van der Waals surface area contributed by atoms with Gasteiger partial charge in [-0.15, -0.1) is 0 Å². The molecule has 4 rings (SSSR count). The lowest BCUT2D eigenvalue weighted by atomic mass is 9.97. The van der Waals surface area contributed by atoms with Crippen LogP contribution in [0, 0.1) is 0 Å². The van der Waals surface area contributed by atoms with E-state index in [4.69, 9.17) is 14.5 Å². The summed E-state index contributed by atoms with van der Waals surface area (Å²) in [6.45, 7) is 6.33. The smallest absolute Gasteiger partial charge is 0.161 e. The second-order valence-corrected chi connectivity index (χ2v) is 7.07. The summed E-state index contributed by atoms with van der Waals surface area (Å²) in [7, 11) is 3.30. The molecule has 0 N–H and O–H groups in total. The van der Waals surface area contributed by atoms with Crippen LogP contribution in [0.3, 0.4) is 0 Å². The van der Waals surface area contributed by atoms with Gasteiger partial charge in [0.25, 0.3) is 0 Å². The van der Waals surface area contributed by atoms with Crippen molar-refractivity contribution in [1.82, 2.24) is 9.80 Å². The Morgan fingerprint density at radius 2 is 1.89 bits per heavy atom. The molecule has 28 heavy (non-hydrogen) atoms. The first-order chi connectivity index (χ1) is 13.7. The number of methoxy groups -OCH3 is 2. The minimum absolute atomic E-state index is 0.718. The Morgan fingerprint density at radius 1 is 1.04 bits per heavy atom. The molecule has 1 aromatic rings. The van der Waals surface area contributed by atoms with E-state index in [9.17, 15) is 0 Å². The summed E-state index contributed by atoms with van der Waals surface area (Å²) in [5.74, 6) is 2.42. The molecule has 0 saturated carbocycles. The normalized spacial score (nSPS) is 19.3. The fourth-order valence-corrected chi connectivity index (χ4v) is 3.77. The van der Waals surface area contributed by atoms with Crippen LogP contribution in [0.15, 0.2) is 64.8 Å². The Hall–Kier alpha value is -2.79. The summed E-state index contributed by atoms with van der Waals surface area (Å²) >= 11 is 0. The van der Waals surface area contributed by atoms with Crippen LogP contribution >= 0.6 is 0 Å². The number of aliphatic imine (C=N–C) groups is 1. The lowest BCUT2D eigenvalue weighted by Gasteiger charge is -2.30. The summed E-state index contributed by atoms with van der Waals surface area (Å²) < 4.78 is 10.8. The third kappa shape index (κ3) is 3.62. The van der Waals surface area contributed by atoms with Gasteiger partial charge in [-0.2, -0.15) is 0 Å². The zero-order valence-corrected chi connectivity index (χ0v) is 16.8. The average molecular weight is 377 g/mol. The second-order valence-electron chi connectivity index (χ2n) is 7.07. The molecule has 0 fully saturated rings. The van der Waals surface area contributed by atoms with Crippen LogP contribution in [0.4, 0.5) is 0 Å². The molecule has 0 unspecified atom stereocenters. The summed E-state index contributed by atoms with van der Waals surface area (Å²) in [6, 6.07) is 5.92. The molecule has 0 spiro atoms. The van der Waals surface area contributed by atoms with Crippen LogP contribution in [0.5, 0.6) is 11.5 Å². The summed E-state index contributed by atoms with van der Waals surface area (Å²) in [6.07, 6.45) is 12.2. The maximum absolute atomic E-state index is 5.43. The molecule has 0 atom stereocenters. The number of allylic oxidation sites excluding steroid dienone is 2. The number of fused-ring (bicyclic) bond motifs is 1. The number of benzene rings is 1. The van der Waals surface area contributed by atoms with Crippen molar-refractivity contribution in [3.63, 3.8) is 0 Å². The number of ether oxygens (including phenoxy) is 2. The first-order valence-electron chi connectivity index (χ1n) is 9.81. The molecule has 0 bridgehead atoms. The average Bonchev–Trinajstić information content (AvgIpc) is 2.78. The molecule has 3 aliphatic rings. The molecule has 0 saturated heterocycles. The predicted octanol–water partition coefficient (Wildman–Crippen LogP) is 3.86. The molecule has 5 nitrogen and oxygen atoms in total. The van der Waals surface area contributed by atoms with Crippen molar-refractivity contribution >= 4 is 11.5 Å². The molecule has 0 amide bonds. The largest absolute Gasteiger partial charge is 0.493 e. The molecular weight excluding hydrogens is 350 g/mol. The topological polar surface area (TPSA) is 37.3 Å². The Labute approximate surface area is 167 Å². The van der Waals surface area contributed by atoms with E-state index < -0.39 is 0 Å². The Bertz CT molecular complexity index is 908. The first kappa shape index (κ1) is 18.6. The van der Waals surface area contributed by atoms with Gasteiger partial charge >= 0.3 is 0 Å². The maximum Gasteiger partial charge on any atom is 0.161 e. The maximum atomic E-state index is 5.43. The molecule has 3 aliphatic heterocycles. The van der Waals surface area contributed by atoms with Gasteiger partial charge in [0.2, 0.25) is 0 Å². The summed E-state index contributed by atoms with van der Waals surface area (Å²) in [4.78, 5) is 9.53. The molecule has 146 valence electrons. The van der Waals surface area contributed by atoms with Gasteiger partial charge in [-0.3, -0.25) is 4.90 Å². The molecule has 0 aromatic heterocycles. The van der Waals surface area contributed by atoms with Crippen LogP contribution in [0.2, 0.25) is 0 Å². The molecule has 3 heterocycles. The number of rotatable bonds is 5. The van der Waals surface area contributed by atoms with E-state index in [0.717, 1.165) is 61.2 Å². The van der Waals surface area contributed by atoms with Crippen molar-refractivity contribution in [2.24, 2.45) is 4.99 Å². The van der Waals surface area contributed by atoms with Gasteiger partial charge < -0.3 is 14.4 Å². The number of likely N-dealkylation sites (N-methyl/N-ethyl adjacent to an activating group) is 1. The van der Waals surface area contributed by atoms with Crippen LogP contribution in [-0.2, 0) is 0 Å². The van der Waals surface area contributed by atoms with Crippen molar-refractivity contribution < 1.29 is 9.47 Å². The lowest BCUT2D eigenvalue weighted by Crippen LogP contribution is -2.31. The lowest BCUT2D eigenvalue weighted by molar-refractivity contribution is 0.311. The predicted molar refractivity (Wildman–Crippen MR) is 114 cm³/mol. The van der Waals surface area contributed by atoms with Crippen LogP contribution in [0.25, 0.3) is 5.70 Å². The van der Waals surface area contributed by atoms with Crippen molar-refractivity contribution in [1.29, 1.82) is 0 Å². The highest BCUT2D eigenvalue weighted by molar-refractivity contribution is 6.00. The Morgan fingerprint density at radius 3 is 2.61 bits per heavy atom. The second kappa shape index (κ2) is 8.07. The SMILES string of the molecule is CCN1CC=C(C2=CN3CC=C(c4ccc(OC)c(OC)c4)N=C3C=C2)CC1. The number of hydrogen-bond donors (Lipinski definition) is 0. The molecular formula is C23H27N3O2. The fraction of sp³-hybridized carbons (Fsp3) is 0.348. The quantitative estimate of drug-likeness (QED) is 0.781. The Balaban J connectivity index is 1.52. The highest BCUT2D eigenvalue weighted by Gasteiger charge is 2.20. The molecule has 1 aromatic carbocycles. The fourth-order valence-electron chi connectivity index (χ4n) is 3.77. The Kier molecular flexibility index (Phi) is 5.35. The van der Waals surface area contributed by atoms with Crippen molar-refractivity contribution in [2.45, 2.75) is 13.3 Å². The van der Waals surface area contributed by atoms with E-state index in [0.29, 0.717) is 0 Å². The number of nitrogens with zero attached hydrogens (tertiary/aromatic N) is 3. The van der Waals surface area contributed by atoms with Crippen LogP contribution < -0.4 is 9.47 Å². The highest BCUT2D eigenvalue weighted by atomic mass is 16.5. The van der Waals surface area contributed by atoms with Gasteiger partial charge in [0.05, 0.1) is 19.9 Å². The van der Waals surface area contributed by atoms with Gasteiger partial charge in [-0.25, -0.2) is 4.99 Å². The third-order valence-corrected chi connectivity index (χ3v) is 5.51. The van der Waals surface area contributed by atoms with Crippen molar-refractivity contribution in [3.8, 4) is 11.5 Å². The zero-order valence-electron chi connectivity index (χ0n) is 16.8. The van der Waals surface area contributed by atoms with E-state index in [1.165, 1.54) is 11.1 Å². The van der Waals surface area contributed by atoms with Gasteiger partial charge in [0, 0.05) is 31.4 Å². The highest BCUT2D eigenvalue weighted by Crippen LogP contribution is 2.32. The van der Waals surface area contributed by atoms with Crippen LogP contribution in [0.1, 0.15) is 18.9 Å². The van der Waals surface area contributed by atoms with Gasteiger partial charge in [-0.1, -0.05) is 13.0 Å². The molecule has 5 heteroatoms. The van der Waals surface area contributed by atoms with E-state index in [1.54, 1.807) is 14.2 Å². The molecule has 0 aliphatic carbocycles. The summed E-state index contributed by atoms with van der Waals surface area (Å²) in [5.41, 5.74) is 4.74. The van der Waals surface area contributed by atoms with Crippen molar-refractivity contribution in [3.05, 3.63) is 65.4 Å². The van der Waals surface area contributed by atoms with Gasteiger partial charge in [-0.05, 0) is 60.5 Å². The summed E-state index contributed by atoms with van der Waals surface area (Å²) in [5, 5.41) is 0. The van der Waals surface area contributed by atoms with E-state index in [1.807, 2.05) is 18.2 Å². The zero-order chi connectivity index (χ0) is 19.5. The van der Waals surface area contributed by atoms with E-state index in [2.05, 4.69) is 47.2 Å². The minimum Gasteiger partial charge on any atom is -0.493 e. The van der Waals surface area contributed by atoms with Gasteiger partial charge in [0.15, 0.2) is 11.5 Å². The van der Waals surface area contributed by atoms with Crippen molar-refractivity contribution in [2.75, 3.05) is 40.4 Å². The van der Waals surface area contributed by atoms with Crippen LogP contribution in [-0.4, -0.2) is 56.0 Å². The standard InChI is InChI=1S/C23H27N3O2/c1-4-25-12-9-17(10-13-25)19-6-8-23-24-20(11-14-26(23)16-19)18-5-7-21(27-2)22(15-18)28-3/h5-9,11,15-16H,4,10,12-14H2,1-3H3. The minimum atomic E-state index is 0.718. The van der Waals surface area contributed by atoms with E-state index in [-0.39, 0.29) is 0 Å². The van der Waals surface area contributed by atoms with E-state index >= 15 is 0 Å². The van der Waals surface area contributed by atoms with Gasteiger partial charge in [0.1, 0.15) is 5.84 Å². The first-order valence-corrected chi connectivity index (χ1v) is 9.81. The number of amidine groups is 1. The monoisotopic (exact) mass is 377 g/mol. The third-order valence-electron chi connectivity index (χ3n) is 5.51.